The van der Waals surface area contributed by atoms with Gasteiger partial charge in [0.2, 0.25) is 0 Å². The summed E-state index contributed by atoms with van der Waals surface area (Å²) in [6.45, 7) is 2.05. The van der Waals surface area contributed by atoms with Gasteiger partial charge in [0.25, 0.3) is 0 Å². The fraction of sp³-hybridized carbons (Fsp3) is 0.875. The Bertz CT molecular complexity index is 161. The summed E-state index contributed by atoms with van der Waals surface area (Å²) in [6.07, 6.45) is 1.63. The maximum atomic E-state index is 8.50. The molecule has 0 spiro atoms. The second-order valence-corrected chi connectivity index (χ2v) is 3.34. The molecule has 0 unspecified atom stereocenters. The summed E-state index contributed by atoms with van der Waals surface area (Å²) < 4.78 is 0. The van der Waals surface area contributed by atoms with Gasteiger partial charge in [-0.1, -0.05) is 0 Å². The lowest BCUT2D eigenvalue weighted by Gasteiger charge is -2.33. The fourth-order valence-corrected chi connectivity index (χ4v) is 1.57. The zero-order chi connectivity index (χ0) is 8.27. The average molecular weight is 153 g/mol. The second-order valence-electron chi connectivity index (χ2n) is 3.34. The summed E-state index contributed by atoms with van der Waals surface area (Å²) >= 11 is 0. The van der Waals surface area contributed by atoms with E-state index in [0.29, 0.717) is 12.3 Å². The van der Waals surface area contributed by atoms with Gasteiger partial charge < -0.3 is 10.6 Å². The molecular weight excluding hydrogens is 138 g/mol. The van der Waals surface area contributed by atoms with Crippen molar-refractivity contribution in [2.45, 2.75) is 18.9 Å². The van der Waals surface area contributed by atoms with Crippen molar-refractivity contribution in [3.63, 3.8) is 0 Å². The van der Waals surface area contributed by atoms with Crippen LogP contribution in [0.3, 0.4) is 0 Å². The van der Waals surface area contributed by atoms with E-state index in [1.807, 2.05) is 0 Å². The first kappa shape index (κ1) is 8.51. The Kier molecular flexibility index (Phi) is 2.86. The van der Waals surface area contributed by atoms with E-state index in [1.54, 1.807) is 0 Å². The van der Waals surface area contributed by atoms with Crippen molar-refractivity contribution in [3.05, 3.63) is 0 Å². The van der Waals surface area contributed by atoms with Crippen LogP contribution < -0.4 is 5.73 Å². The molecule has 0 saturated carbocycles. The maximum absolute atomic E-state index is 8.50. The molecule has 0 aromatic rings. The Morgan fingerprint density at radius 1 is 1.73 bits per heavy atom. The van der Waals surface area contributed by atoms with Gasteiger partial charge in [0.1, 0.15) is 0 Å². The topological polar surface area (TPSA) is 53.0 Å². The normalized spacial score (nSPS) is 33.2. The largest absolute Gasteiger partial charge is 0.327 e. The first-order chi connectivity index (χ1) is 5.24. The van der Waals surface area contributed by atoms with Gasteiger partial charge in [0.15, 0.2) is 0 Å². The van der Waals surface area contributed by atoms with Gasteiger partial charge in [0, 0.05) is 19.0 Å². The van der Waals surface area contributed by atoms with Crippen molar-refractivity contribution >= 4 is 0 Å². The molecule has 3 nitrogen and oxygen atoms in total. The molecule has 0 bridgehead atoms. The summed E-state index contributed by atoms with van der Waals surface area (Å²) in [5, 5.41) is 8.50. The molecule has 1 aliphatic rings. The highest BCUT2D eigenvalue weighted by atomic mass is 15.1. The number of nitrogens with two attached hydrogens (primary N) is 1. The smallest absolute Gasteiger partial charge is 0.0625 e. The maximum Gasteiger partial charge on any atom is 0.0625 e. The molecule has 3 heteroatoms. The fourth-order valence-electron chi connectivity index (χ4n) is 1.57. The molecule has 0 amide bonds. The molecule has 11 heavy (non-hydrogen) atoms. The molecule has 1 saturated heterocycles. The monoisotopic (exact) mass is 153 g/mol. The second kappa shape index (κ2) is 3.70. The SMILES string of the molecule is CN1CC[C@H](N)[C@@H](CC#N)C1. The van der Waals surface area contributed by atoms with Crippen molar-refractivity contribution in [3.8, 4) is 6.07 Å². The third-order valence-corrected chi connectivity index (χ3v) is 2.35. The Hall–Kier alpha value is -0.590. The van der Waals surface area contributed by atoms with Crippen LogP contribution in [0.2, 0.25) is 0 Å². The van der Waals surface area contributed by atoms with Crippen molar-refractivity contribution in [1.82, 2.24) is 4.90 Å². The molecule has 1 aliphatic heterocycles. The summed E-state index contributed by atoms with van der Waals surface area (Å²) in [5.74, 6) is 0.388. The number of likely N-dealkylation sites (tertiary alicyclic amines) is 1. The number of hydrogen-bond acceptors (Lipinski definition) is 3. The first-order valence-electron chi connectivity index (χ1n) is 4.05. The van der Waals surface area contributed by atoms with Crippen LogP contribution in [-0.4, -0.2) is 31.1 Å². The van der Waals surface area contributed by atoms with Crippen LogP contribution in [0.25, 0.3) is 0 Å². The standard InChI is InChI=1S/C8H15N3/c1-11-5-3-8(10)7(6-11)2-4-9/h7-8H,2-3,5-6,10H2,1H3/t7-,8-/m0/s1. The van der Waals surface area contributed by atoms with E-state index in [-0.39, 0.29) is 6.04 Å². The highest BCUT2D eigenvalue weighted by Gasteiger charge is 2.23. The van der Waals surface area contributed by atoms with E-state index in [0.717, 1.165) is 19.5 Å². The van der Waals surface area contributed by atoms with Crippen LogP contribution in [0.15, 0.2) is 0 Å². The van der Waals surface area contributed by atoms with Gasteiger partial charge in [-0.3, -0.25) is 0 Å². The lowest BCUT2D eigenvalue weighted by molar-refractivity contribution is 0.188. The van der Waals surface area contributed by atoms with Crippen LogP contribution >= 0.6 is 0 Å². The molecular formula is C8H15N3. The van der Waals surface area contributed by atoms with E-state index < -0.39 is 0 Å². The number of nitriles is 1. The summed E-state index contributed by atoms with van der Waals surface area (Å²) in [6, 6.07) is 2.42. The van der Waals surface area contributed by atoms with Crippen molar-refractivity contribution in [2.24, 2.45) is 11.7 Å². The van der Waals surface area contributed by atoms with E-state index in [1.165, 1.54) is 0 Å². The average Bonchev–Trinajstić information content (AvgIpc) is 1.98. The van der Waals surface area contributed by atoms with Crippen LogP contribution in [0.4, 0.5) is 0 Å². The third kappa shape index (κ3) is 2.18. The highest BCUT2D eigenvalue weighted by molar-refractivity contribution is 4.87. The molecule has 0 aromatic heterocycles. The molecule has 2 atom stereocenters. The van der Waals surface area contributed by atoms with Gasteiger partial charge in [-0.2, -0.15) is 5.26 Å². The molecule has 2 N–H and O–H groups in total. The highest BCUT2D eigenvalue weighted by Crippen LogP contribution is 2.16. The summed E-state index contributed by atoms with van der Waals surface area (Å²) in [7, 11) is 2.08. The van der Waals surface area contributed by atoms with Gasteiger partial charge in [0.05, 0.1) is 6.07 Å². The van der Waals surface area contributed by atoms with E-state index in [2.05, 4.69) is 18.0 Å². The van der Waals surface area contributed by atoms with Crippen LogP contribution in [-0.2, 0) is 0 Å². The Labute approximate surface area is 67.8 Å². The van der Waals surface area contributed by atoms with Gasteiger partial charge in [-0.05, 0) is 25.9 Å². The molecule has 62 valence electrons. The Balaban J connectivity index is 2.42. The van der Waals surface area contributed by atoms with Crippen LogP contribution in [0.5, 0.6) is 0 Å². The molecule has 0 aliphatic carbocycles. The van der Waals surface area contributed by atoms with Gasteiger partial charge in [-0.15, -0.1) is 0 Å². The molecule has 1 heterocycles. The zero-order valence-corrected chi connectivity index (χ0v) is 6.95. The Morgan fingerprint density at radius 2 is 2.45 bits per heavy atom. The van der Waals surface area contributed by atoms with Crippen LogP contribution in [0.1, 0.15) is 12.8 Å². The predicted molar refractivity (Wildman–Crippen MR) is 43.8 cm³/mol. The minimum absolute atomic E-state index is 0.242. The Morgan fingerprint density at radius 3 is 3.09 bits per heavy atom. The predicted octanol–water partition coefficient (Wildman–Crippen LogP) is 0.179. The summed E-state index contributed by atoms with van der Waals surface area (Å²) in [4.78, 5) is 2.24. The van der Waals surface area contributed by atoms with Gasteiger partial charge >= 0.3 is 0 Å². The number of hydrogen-bond donors (Lipinski definition) is 1. The quantitative estimate of drug-likeness (QED) is 0.584. The number of piperidine rings is 1. The minimum Gasteiger partial charge on any atom is -0.327 e. The third-order valence-electron chi connectivity index (χ3n) is 2.35. The summed E-state index contributed by atoms with van der Waals surface area (Å²) in [5.41, 5.74) is 5.85. The minimum atomic E-state index is 0.242. The van der Waals surface area contributed by atoms with E-state index >= 15 is 0 Å². The lowest BCUT2D eigenvalue weighted by Crippen LogP contribution is -2.45. The van der Waals surface area contributed by atoms with Crippen molar-refractivity contribution in [1.29, 1.82) is 5.26 Å². The molecule has 1 rings (SSSR count). The van der Waals surface area contributed by atoms with E-state index in [9.17, 15) is 0 Å². The van der Waals surface area contributed by atoms with Crippen LogP contribution in [0, 0.1) is 17.2 Å². The van der Waals surface area contributed by atoms with Gasteiger partial charge in [-0.25, -0.2) is 0 Å². The zero-order valence-electron chi connectivity index (χ0n) is 6.95. The first-order valence-corrected chi connectivity index (χ1v) is 4.05. The molecule has 0 aromatic carbocycles. The number of rotatable bonds is 1. The van der Waals surface area contributed by atoms with Crippen molar-refractivity contribution < 1.29 is 0 Å². The number of nitrogens with zero attached hydrogens (tertiary/aromatic N) is 2. The molecule has 1 fully saturated rings. The van der Waals surface area contributed by atoms with Crippen molar-refractivity contribution in [2.75, 3.05) is 20.1 Å². The van der Waals surface area contributed by atoms with E-state index in [4.69, 9.17) is 11.0 Å². The molecule has 0 radical (unpaired) electrons. The lowest BCUT2D eigenvalue weighted by atomic mass is 9.91.